The van der Waals surface area contributed by atoms with E-state index < -0.39 is 0 Å². The van der Waals surface area contributed by atoms with Crippen molar-refractivity contribution in [1.29, 1.82) is 0 Å². The fourth-order valence-electron chi connectivity index (χ4n) is 1.09. The minimum Gasteiger partial charge on any atom is -0.322 e. The summed E-state index contributed by atoms with van der Waals surface area (Å²) < 4.78 is 12.7. The SMILES string of the molecule is C/C=C/C(=O)Nc1ccc(F)cc1C. The van der Waals surface area contributed by atoms with Gasteiger partial charge >= 0.3 is 0 Å². The van der Waals surface area contributed by atoms with E-state index in [9.17, 15) is 9.18 Å². The standard InChI is InChI=1S/C11H12FNO/c1-3-4-11(14)13-10-6-5-9(12)7-8(10)2/h3-7H,1-2H3,(H,13,14)/b4-3+. The van der Waals surface area contributed by atoms with Crippen LogP contribution in [0.15, 0.2) is 30.4 Å². The van der Waals surface area contributed by atoms with Crippen molar-refractivity contribution in [2.75, 3.05) is 5.32 Å². The Morgan fingerprint density at radius 1 is 1.50 bits per heavy atom. The molecule has 0 saturated heterocycles. The van der Waals surface area contributed by atoms with E-state index >= 15 is 0 Å². The minimum atomic E-state index is -0.300. The molecular formula is C11H12FNO. The topological polar surface area (TPSA) is 29.1 Å². The summed E-state index contributed by atoms with van der Waals surface area (Å²) in [4.78, 5) is 11.2. The summed E-state index contributed by atoms with van der Waals surface area (Å²) >= 11 is 0. The zero-order valence-corrected chi connectivity index (χ0v) is 8.17. The first-order valence-corrected chi connectivity index (χ1v) is 4.33. The predicted octanol–water partition coefficient (Wildman–Crippen LogP) is 2.65. The van der Waals surface area contributed by atoms with Crippen molar-refractivity contribution >= 4 is 11.6 Å². The van der Waals surface area contributed by atoms with Crippen LogP contribution in [0.5, 0.6) is 0 Å². The number of anilines is 1. The number of carbonyl (C=O) groups excluding carboxylic acids is 1. The van der Waals surface area contributed by atoms with Crippen LogP contribution in [0.1, 0.15) is 12.5 Å². The number of benzene rings is 1. The molecule has 1 N–H and O–H groups in total. The first-order valence-electron chi connectivity index (χ1n) is 4.33. The van der Waals surface area contributed by atoms with E-state index in [1.165, 1.54) is 18.2 Å². The highest BCUT2D eigenvalue weighted by Crippen LogP contribution is 2.15. The second kappa shape index (κ2) is 4.56. The lowest BCUT2D eigenvalue weighted by molar-refractivity contribution is -0.111. The third kappa shape index (κ3) is 2.69. The number of aryl methyl sites for hydroxylation is 1. The normalized spacial score (nSPS) is 10.5. The first-order chi connectivity index (χ1) is 6.63. The van der Waals surface area contributed by atoms with E-state index in [0.29, 0.717) is 11.3 Å². The molecule has 0 spiro atoms. The molecular weight excluding hydrogens is 181 g/mol. The van der Waals surface area contributed by atoms with Crippen LogP contribution >= 0.6 is 0 Å². The zero-order chi connectivity index (χ0) is 10.6. The van der Waals surface area contributed by atoms with E-state index in [4.69, 9.17) is 0 Å². The highest BCUT2D eigenvalue weighted by Gasteiger charge is 2.01. The molecule has 1 rings (SSSR count). The highest BCUT2D eigenvalue weighted by molar-refractivity contribution is 5.99. The third-order valence-electron chi connectivity index (χ3n) is 1.76. The van der Waals surface area contributed by atoms with Crippen LogP contribution < -0.4 is 5.32 Å². The quantitative estimate of drug-likeness (QED) is 0.719. The van der Waals surface area contributed by atoms with Gasteiger partial charge in [0.1, 0.15) is 5.82 Å². The number of rotatable bonds is 2. The molecule has 0 aliphatic rings. The van der Waals surface area contributed by atoms with Crippen molar-refractivity contribution < 1.29 is 9.18 Å². The molecule has 0 aliphatic carbocycles. The monoisotopic (exact) mass is 193 g/mol. The molecule has 0 heterocycles. The van der Waals surface area contributed by atoms with Crippen LogP contribution in [0.25, 0.3) is 0 Å². The van der Waals surface area contributed by atoms with Gasteiger partial charge in [-0.05, 0) is 43.7 Å². The summed E-state index contributed by atoms with van der Waals surface area (Å²) in [5, 5.41) is 2.65. The Kier molecular flexibility index (Phi) is 3.40. The van der Waals surface area contributed by atoms with Gasteiger partial charge in [0, 0.05) is 5.69 Å². The van der Waals surface area contributed by atoms with Crippen LogP contribution in [0, 0.1) is 12.7 Å². The number of halogens is 1. The van der Waals surface area contributed by atoms with Crippen LogP contribution in [0.3, 0.4) is 0 Å². The van der Waals surface area contributed by atoms with Gasteiger partial charge in [0.25, 0.3) is 0 Å². The number of nitrogens with one attached hydrogen (secondary N) is 1. The number of carbonyl (C=O) groups is 1. The van der Waals surface area contributed by atoms with E-state index in [1.807, 2.05) is 0 Å². The van der Waals surface area contributed by atoms with Crippen molar-refractivity contribution in [3.8, 4) is 0 Å². The Bertz CT molecular complexity index is 372. The Morgan fingerprint density at radius 3 is 2.79 bits per heavy atom. The summed E-state index contributed by atoms with van der Waals surface area (Å²) in [5.74, 6) is -0.506. The Balaban J connectivity index is 2.82. The number of allylic oxidation sites excluding steroid dienone is 1. The summed E-state index contributed by atoms with van der Waals surface area (Å²) in [7, 11) is 0. The molecule has 3 heteroatoms. The number of amides is 1. The van der Waals surface area contributed by atoms with Gasteiger partial charge in [0.05, 0.1) is 0 Å². The number of hydrogen-bond donors (Lipinski definition) is 1. The van der Waals surface area contributed by atoms with Gasteiger partial charge in [0.2, 0.25) is 5.91 Å². The molecule has 0 atom stereocenters. The predicted molar refractivity (Wildman–Crippen MR) is 54.6 cm³/mol. The largest absolute Gasteiger partial charge is 0.322 e. The summed E-state index contributed by atoms with van der Waals surface area (Å²) in [5.41, 5.74) is 1.34. The summed E-state index contributed by atoms with van der Waals surface area (Å²) in [6.45, 7) is 3.51. The van der Waals surface area contributed by atoms with E-state index in [0.717, 1.165) is 0 Å². The van der Waals surface area contributed by atoms with Crippen molar-refractivity contribution in [1.82, 2.24) is 0 Å². The summed E-state index contributed by atoms with van der Waals surface area (Å²) in [6, 6.07) is 4.25. The fourth-order valence-corrected chi connectivity index (χ4v) is 1.09. The number of hydrogen-bond acceptors (Lipinski definition) is 1. The van der Waals surface area contributed by atoms with Gasteiger partial charge in [-0.1, -0.05) is 6.08 Å². The average Bonchev–Trinajstić information content (AvgIpc) is 2.10. The van der Waals surface area contributed by atoms with Gasteiger partial charge in [-0.3, -0.25) is 4.79 Å². The maximum Gasteiger partial charge on any atom is 0.248 e. The van der Waals surface area contributed by atoms with Gasteiger partial charge in [0.15, 0.2) is 0 Å². The molecule has 74 valence electrons. The van der Waals surface area contributed by atoms with Crippen molar-refractivity contribution in [2.45, 2.75) is 13.8 Å². The molecule has 0 bridgehead atoms. The molecule has 1 aromatic rings. The van der Waals surface area contributed by atoms with E-state index in [-0.39, 0.29) is 11.7 Å². The molecule has 1 amide bonds. The molecule has 1 aromatic carbocycles. The van der Waals surface area contributed by atoms with Gasteiger partial charge < -0.3 is 5.32 Å². The molecule has 14 heavy (non-hydrogen) atoms. The lowest BCUT2D eigenvalue weighted by Crippen LogP contribution is -2.08. The van der Waals surface area contributed by atoms with Crippen LogP contribution in [0.4, 0.5) is 10.1 Å². The molecule has 0 radical (unpaired) electrons. The molecule has 0 fully saturated rings. The zero-order valence-electron chi connectivity index (χ0n) is 8.17. The van der Waals surface area contributed by atoms with Crippen molar-refractivity contribution in [2.24, 2.45) is 0 Å². The second-order valence-corrected chi connectivity index (χ2v) is 2.95. The van der Waals surface area contributed by atoms with Gasteiger partial charge in [-0.15, -0.1) is 0 Å². The average molecular weight is 193 g/mol. The molecule has 0 aromatic heterocycles. The summed E-state index contributed by atoms with van der Waals surface area (Å²) in [6.07, 6.45) is 3.07. The third-order valence-corrected chi connectivity index (χ3v) is 1.76. The lowest BCUT2D eigenvalue weighted by atomic mass is 10.2. The molecule has 0 unspecified atom stereocenters. The van der Waals surface area contributed by atoms with Gasteiger partial charge in [-0.25, -0.2) is 4.39 Å². The molecule has 0 aliphatic heterocycles. The molecule has 2 nitrogen and oxygen atoms in total. The highest BCUT2D eigenvalue weighted by atomic mass is 19.1. The minimum absolute atomic E-state index is 0.206. The smallest absolute Gasteiger partial charge is 0.248 e. The second-order valence-electron chi connectivity index (χ2n) is 2.95. The maximum absolute atomic E-state index is 12.7. The van der Waals surface area contributed by atoms with E-state index in [2.05, 4.69) is 5.32 Å². The Labute approximate surface area is 82.4 Å². The van der Waals surface area contributed by atoms with Crippen LogP contribution in [0.2, 0.25) is 0 Å². The van der Waals surface area contributed by atoms with Gasteiger partial charge in [-0.2, -0.15) is 0 Å². The Morgan fingerprint density at radius 2 is 2.21 bits per heavy atom. The lowest BCUT2D eigenvalue weighted by Gasteiger charge is -2.05. The van der Waals surface area contributed by atoms with Crippen LogP contribution in [-0.4, -0.2) is 5.91 Å². The molecule has 0 saturated carbocycles. The van der Waals surface area contributed by atoms with Crippen molar-refractivity contribution in [3.63, 3.8) is 0 Å². The van der Waals surface area contributed by atoms with E-state index in [1.54, 1.807) is 26.0 Å². The van der Waals surface area contributed by atoms with Crippen LogP contribution in [-0.2, 0) is 4.79 Å². The first kappa shape index (κ1) is 10.4. The van der Waals surface area contributed by atoms with Crippen molar-refractivity contribution in [3.05, 3.63) is 41.7 Å². The fraction of sp³-hybridized carbons (Fsp3) is 0.182. The maximum atomic E-state index is 12.7. The Hall–Kier alpha value is -1.64.